The predicted molar refractivity (Wildman–Crippen MR) is 72.0 cm³/mol. The molecule has 0 aliphatic rings. The minimum absolute atomic E-state index is 0.0932. The molecule has 0 aromatic carbocycles. The van der Waals surface area contributed by atoms with Crippen LogP contribution in [0.1, 0.15) is 26.7 Å². The zero-order chi connectivity index (χ0) is 14.2. The maximum Gasteiger partial charge on any atom is 0.230 e. The first-order chi connectivity index (χ1) is 8.24. The number of amides is 1. The van der Waals surface area contributed by atoms with Gasteiger partial charge in [0.05, 0.1) is 17.5 Å². The van der Waals surface area contributed by atoms with Gasteiger partial charge in [0, 0.05) is 18.6 Å². The van der Waals surface area contributed by atoms with E-state index in [-0.39, 0.29) is 23.9 Å². The minimum atomic E-state index is -0.999. The highest BCUT2D eigenvalue weighted by atomic mass is 32.2. The molecule has 7 heteroatoms. The van der Waals surface area contributed by atoms with E-state index < -0.39 is 11.7 Å². The van der Waals surface area contributed by atoms with Crippen molar-refractivity contribution in [2.45, 2.75) is 38.4 Å². The number of carbonyl (C=O) groups is 3. The molecule has 0 heterocycles. The quantitative estimate of drug-likeness (QED) is 0.294. The Hall–Kier alpha value is -0.920. The van der Waals surface area contributed by atoms with Gasteiger partial charge in [-0.3, -0.25) is 9.59 Å². The average molecular weight is 275 g/mol. The molecule has 0 aromatic heterocycles. The summed E-state index contributed by atoms with van der Waals surface area (Å²) in [5.74, 6) is 0.643. The largest absolute Gasteiger partial charge is 0.346 e. The zero-order valence-electron chi connectivity index (χ0n) is 10.8. The number of nitrogens with two attached hydrogens (primary N) is 2. The molecule has 1 unspecified atom stereocenters. The number of carbonyl (C=O) groups excluding carboxylic acids is 3. The van der Waals surface area contributed by atoms with Crippen LogP contribution in [0.5, 0.6) is 0 Å². The number of hydrogen-bond acceptors (Lipinski definition) is 6. The number of ketones is 1. The predicted octanol–water partition coefficient (Wildman–Crippen LogP) is -0.594. The van der Waals surface area contributed by atoms with Gasteiger partial charge in [-0.2, -0.15) is 11.8 Å². The van der Waals surface area contributed by atoms with E-state index in [1.807, 2.05) is 0 Å². The minimum Gasteiger partial charge on any atom is -0.346 e. The Kier molecular flexibility index (Phi) is 7.81. The normalized spacial score (nSPS) is 12.9. The maximum absolute atomic E-state index is 11.5. The standard InChI is InChI=1S/C11H21N3O3S/c1-8(16)3-4-18-7-10(17)14-9(6-15)5-11(2,12)13/h6,9H,3-5,7,12-13H2,1-2H3,(H,14,17). The fraction of sp³-hybridized carbons (Fsp3) is 0.727. The molecule has 1 atom stereocenters. The van der Waals surface area contributed by atoms with E-state index in [9.17, 15) is 14.4 Å². The summed E-state index contributed by atoms with van der Waals surface area (Å²) in [5, 5.41) is 2.54. The molecule has 0 aliphatic carbocycles. The van der Waals surface area contributed by atoms with E-state index >= 15 is 0 Å². The van der Waals surface area contributed by atoms with Crippen molar-refractivity contribution in [1.29, 1.82) is 0 Å². The van der Waals surface area contributed by atoms with Gasteiger partial charge in [0.1, 0.15) is 12.1 Å². The van der Waals surface area contributed by atoms with E-state index in [0.717, 1.165) is 0 Å². The Balaban J connectivity index is 3.90. The van der Waals surface area contributed by atoms with Crippen molar-refractivity contribution in [2.75, 3.05) is 11.5 Å². The molecule has 0 bridgehead atoms. The van der Waals surface area contributed by atoms with Crippen molar-refractivity contribution < 1.29 is 14.4 Å². The third kappa shape index (κ3) is 10.2. The first-order valence-corrected chi connectivity index (χ1v) is 6.79. The zero-order valence-corrected chi connectivity index (χ0v) is 11.6. The lowest BCUT2D eigenvalue weighted by atomic mass is 10.1. The molecule has 0 aliphatic heterocycles. The highest BCUT2D eigenvalue weighted by molar-refractivity contribution is 7.99. The third-order valence-corrected chi connectivity index (χ3v) is 2.96. The van der Waals surface area contributed by atoms with Crippen LogP contribution >= 0.6 is 11.8 Å². The highest BCUT2D eigenvalue weighted by Crippen LogP contribution is 2.04. The van der Waals surface area contributed by atoms with E-state index in [4.69, 9.17) is 11.5 Å². The number of nitrogens with one attached hydrogen (secondary N) is 1. The second-order valence-electron chi connectivity index (χ2n) is 4.52. The van der Waals surface area contributed by atoms with Crippen molar-refractivity contribution in [3.63, 3.8) is 0 Å². The lowest BCUT2D eigenvalue weighted by Crippen LogP contribution is -2.52. The lowest BCUT2D eigenvalue weighted by molar-refractivity contribution is -0.122. The van der Waals surface area contributed by atoms with Gasteiger partial charge in [0.2, 0.25) is 5.91 Å². The Morgan fingerprint density at radius 1 is 1.44 bits per heavy atom. The second kappa shape index (κ2) is 8.23. The first-order valence-electron chi connectivity index (χ1n) is 5.64. The molecule has 1 amide bonds. The monoisotopic (exact) mass is 275 g/mol. The van der Waals surface area contributed by atoms with Crippen LogP contribution in [0.2, 0.25) is 0 Å². The number of hydrogen-bond donors (Lipinski definition) is 3. The van der Waals surface area contributed by atoms with Gasteiger partial charge in [0.25, 0.3) is 0 Å². The van der Waals surface area contributed by atoms with Gasteiger partial charge in [-0.25, -0.2) is 0 Å². The summed E-state index contributed by atoms with van der Waals surface area (Å²) in [5.41, 5.74) is 10.1. The third-order valence-electron chi connectivity index (χ3n) is 2.00. The Labute approximate surface area is 111 Å². The summed E-state index contributed by atoms with van der Waals surface area (Å²) in [7, 11) is 0. The van der Waals surface area contributed by atoms with Gasteiger partial charge >= 0.3 is 0 Å². The van der Waals surface area contributed by atoms with E-state index in [1.54, 1.807) is 6.92 Å². The van der Waals surface area contributed by atoms with E-state index in [2.05, 4.69) is 5.32 Å². The molecule has 6 nitrogen and oxygen atoms in total. The van der Waals surface area contributed by atoms with Crippen molar-refractivity contribution in [3.8, 4) is 0 Å². The first kappa shape index (κ1) is 17.1. The van der Waals surface area contributed by atoms with Crippen LogP contribution in [0.25, 0.3) is 0 Å². The number of Topliss-reactive ketones (excluding diaryl/α,β-unsaturated/α-hetero) is 1. The fourth-order valence-electron chi connectivity index (χ4n) is 1.24. The van der Waals surface area contributed by atoms with Gasteiger partial charge in [0.15, 0.2) is 0 Å². The molecule has 5 N–H and O–H groups in total. The summed E-state index contributed by atoms with van der Waals surface area (Å²) in [6, 6.07) is -0.675. The molecule has 0 fully saturated rings. The van der Waals surface area contributed by atoms with Crippen molar-refractivity contribution in [1.82, 2.24) is 5.32 Å². The molecule has 0 saturated carbocycles. The van der Waals surface area contributed by atoms with Crippen LogP contribution < -0.4 is 16.8 Å². The van der Waals surface area contributed by atoms with Crippen LogP contribution in [0, 0.1) is 0 Å². The molecule has 0 radical (unpaired) electrons. The molecule has 0 rings (SSSR count). The molecule has 0 aromatic rings. The Morgan fingerprint density at radius 3 is 2.50 bits per heavy atom. The summed E-state index contributed by atoms with van der Waals surface area (Å²) in [4.78, 5) is 32.9. The van der Waals surface area contributed by atoms with Gasteiger partial charge in [-0.05, 0) is 13.8 Å². The van der Waals surface area contributed by atoms with E-state index in [0.29, 0.717) is 18.5 Å². The summed E-state index contributed by atoms with van der Waals surface area (Å²) in [6.07, 6.45) is 1.25. The number of rotatable bonds is 9. The topological polar surface area (TPSA) is 115 Å². The number of aldehydes is 1. The maximum atomic E-state index is 11.5. The van der Waals surface area contributed by atoms with Crippen LogP contribution in [0.3, 0.4) is 0 Å². The lowest BCUT2D eigenvalue weighted by Gasteiger charge is -2.22. The van der Waals surface area contributed by atoms with Crippen LogP contribution in [-0.2, 0) is 14.4 Å². The fourth-order valence-corrected chi connectivity index (χ4v) is 2.08. The number of thioether (sulfide) groups is 1. The van der Waals surface area contributed by atoms with Gasteiger partial charge < -0.3 is 21.6 Å². The smallest absolute Gasteiger partial charge is 0.230 e. The van der Waals surface area contributed by atoms with Gasteiger partial charge in [-0.1, -0.05) is 0 Å². The molecular formula is C11H21N3O3S. The molecule has 18 heavy (non-hydrogen) atoms. The van der Waals surface area contributed by atoms with Crippen molar-refractivity contribution in [2.24, 2.45) is 11.5 Å². The molecule has 104 valence electrons. The molecule has 0 saturated heterocycles. The Bertz CT molecular complexity index is 302. The van der Waals surface area contributed by atoms with Crippen molar-refractivity contribution in [3.05, 3.63) is 0 Å². The second-order valence-corrected chi connectivity index (χ2v) is 5.63. The van der Waals surface area contributed by atoms with Gasteiger partial charge in [-0.15, -0.1) is 0 Å². The van der Waals surface area contributed by atoms with Crippen LogP contribution in [-0.4, -0.2) is 41.2 Å². The van der Waals surface area contributed by atoms with Crippen LogP contribution in [0.4, 0.5) is 0 Å². The molecular weight excluding hydrogens is 254 g/mol. The Morgan fingerprint density at radius 2 is 2.06 bits per heavy atom. The van der Waals surface area contributed by atoms with Crippen LogP contribution in [0.15, 0.2) is 0 Å². The van der Waals surface area contributed by atoms with Crippen molar-refractivity contribution >= 4 is 29.7 Å². The summed E-state index contributed by atoms with van der Waals surface area (Å²) < 4.78 is 0. The summed E-state index contributed by atoms with van der Waals surface area (Å²) >= 11 is 1.35. The highest BCUT2D eigenvalue weighted by Gasteiger charge is 2.20. The average Bonchev–Trinajstić information content (AvgIpc) is 2.21. The SMILES string of the molecule is CC(=O)CCSCC(=O)NC(C=O)CC(C)(N)N. The summed E-state index contributed by atoms with van der Waals surface area (Å²) in [6.45, 7) is 3.09. The van der Waals surface area contributed by atoms with E-state index in [1.165, 1.54) is 18.7 Å². The molecule has 0 spiro atoms.